The maximum atomic E-state index is 3.53. The smallest absolute Gasteiger partial charge is 0.0486 e. The molecule has 2 nitrogen and oxygen atoms in total. The molecule has 0 fully saturated rings. The van der Waals surface area contributed by atoms with Gasteiger partial charge in [0, 0.05) is 42.7 Å². The molecule has 118 valence electrons. The van der Waals surface area contributed by atoms with E-state index in [1.165, 1.54) is 38.9 Å². The molecule has 0 aliphatic carbocycles. The van der Waals surface area contributed by atoms with Gasteiger partial charge in [0.2, 0.25) is 0 Å². The van der Waals surface area contributed by atoms with E-state index in [9.17, 15) is 0 Å². The molecule has 23 heavy (non-hydrogen) atoms. The molecule has 2 heteroatoms. The molecule has 1 aromatic heterocycles. The third kappa shape index (κ3) is 2.68. The van der Waals surface area contributed by atoms with Crippen LogP contribution in [-0.4, -0.2) is 11.1 Å². The largest absolute Gasteiger partial charge is 0.344 e. The van der Waals surface area contributed by atoms with Crippen LogP contribution in [0.3, 0.4) is 0 Å². The number of aryl methyl sites for hydroxylation is 4. The molecular formula is C21H24N2. The second-order valence-electron chi connectivity index (χ2n) is 6.76. The molecule has 0 unspecified atom stereocenters. The van der Waals surface area contributed by atoms with Crippen LogP contribution < -0.4 is 5.32 Å². The second-order valence-corrected chi connectivity index (χ2v) is 6.76. The summed E-state index contributed by atoms with van der Waals surface area (Å²) >= 11 is 0. The van der Waals surface area contributed by atoms with Crippen molar-refractivity contribution in [3.63, 3.8) is 0 Å². The van der Waals surface area contributed by atoms with Crippen molar-refractivity contribution >= 4 is 10.9 Å². The first kappa shape index (κ1) is 14.5. The number of nitrogens with zero attached hydrogens (tertiary/aromatic N) is 1. The van der Waals surface area contributed by atoms with Crippen LogP contribution in [-0.2, 0) is 25.9 Å². The predicted molar refractivity (Wildman–Crippen MR) is 97.0 cm³/mol. The van der Waals surface area contributed by atoms with E-state index in [2.05, 4.69) is 66.2 Å². The van der Waals surface area contributed by atoms with Crippen LogP contribution in [0.5, 0.6) is 0 Å². The van der Waals surface area contributed by atoms with Gasteiger partial charge in [-0.05, 0) is 43.5 Å². The van der Waals surface area contributed by atoms with E-state index in [0.29, 0.717) is 0 Å². The Morgan fingerprint density at radius 2 is 1.78 bits per heavy atom. The number of aromatic nitrogens is 1. The highest BCUT2D eigenvalue weighted by Gasteiger charge is 2.19. The lowest BCUT2D eigenvalue weighted by Gasteiger charge is -2.17. The van der Waals surface area contributed by atoms with Gasteiger partial charge in [-0.1, -0.05) is 41.5 Å². The molecular weight excluding hydrogens is 280 g/mol. The van der Waals surface area contributed by atoms with Crippen LogP contribution in [0.2, 0.25) is 0 Å². The topological polar surface area (TPSA) is 17.0 Å². The first-order valence-electron chi connectivity index (χ1n) is 8.59. The fraction of sp³-hybridized carbons (Fsp3) is 0.333. The molecule has 0 saturated carbocycles. The van der Waals surface area contributed by atoms with Gasteiger partial charge in [0.25, 0.3) is 0 Å². The predicted octanol–water partition coefficient (Wildman–Crippen LogP) is 4.15. The summed E-state index contributed by atoms with van der Waals surface area (Å²) in [5, 5.41) is 4.97. The van der Waals surface area contributed by atoms with Gasteiger partial charge in [-0.2, -0.15) is 0 Å². The van der Waals surface area contributed by atoms with Gasteiger partial charge in [0.05, 0.1) is 0 Å². The first-order valence-corrected chi connectivity index (χ1v) is 8.59. The monoisotopic (exact) mass is 304 g/mol. The van der Waals surface area contributed by atoms with Crippen LogP contribution in [0.4, 0.5) is 0 Å². The molecule has 0 spiro atoms. The Labute approximate surface area is 138 Å². The number of fused-ring (bicyclic) bond motifs is 3. The Kier molecular flexibility index (Phi) is 3.70. The third-order valence-electron chi connectivity index (χ3n) is 5.03. The molecule has 2 aromatic carbocycles. The number of hydrogen-bond acceptors (Lipinski definition) is 1. The van der Waals surface area contributed by atoms with Gasteiger partial charge in [-0.3, -0.25) is 0 Å². The van der Waals surface area contributed by atoms with Crippen molar-refractivity contribution in [1.82, 2.24) is 9.88 Å². The highest BCUT2D eigenvalue weighted by Crippen LogP contribution is 2.29. The van der Waals surface area contributed by atoms with Gasteiger partial charge in [-0.25, -0.2) is 0 Å². The molecule has 0 atom stereocenters. The van der Waals surface area contributed by atoms with E-state index in [1.807, 2.05) is 0 Å². The molecule has 4 rings (SSSR count). The van der Waals surface area contributed by atoms with Gasteiger partial charge in [0.1, 0.15) is 0 Å². The molecule has 3 aromatic rings. The summed E-state index contributed by atoms with van der Waals surface area (Å²) in [6.07, 6.45) is 2.23. The van der Waals surface area contributed by atoms with Crippen molar-refractivity contribution in [3.05, 3.63) is 70.4 Å². The van der Waals surface area contributed by atoms with Crippen LogP contribution in [0.1, 0.15) is 27.9 Å². The van der Waals surface area contributed by atoms with Crippen molar-refractivity contribution in [2.75, 3.05) is 6.54 Å². The number of hydrogen-bond donors (Lipinski definition) is 1. The summed E-state index contributed by atoms with van der Waals surface area (Å²) in [5.74, 6) is 0. The van der Waals surface area contributed by atoms with E-state index < -0.39 is 0 Å². The second kappa shape index (κ2) is 5.86. The zero-order valence-corrected chi connectivity index (χ0v) is 14.0. The number of benzene rings is 2. The van der Waals surface area contributed by atoms with Crippen molar-refractivity contribution in [2.45, 2.75) is 39.8 Å². The summed E-state index contributed by atoms with van der Waals surface area (Å²) in [4.78, 5) is 0. The lowest BCUT2D eigenvalue weighted by Crippen LogP contribution is -2.24. The van der Waals surface area contributed by atoms with Crippen molar-refractivity contribution in [3.8, 4) is 0 Å². The van der Waals surface area contributed by atoms with Crippen molar-refractivity contribution in [1.29, 1.82) is 0 Å². The Hall–Kier alpha value is -2.06. The average molecular weight is 304 g/mol. The molecule has 2 heterocycles. The van der Waals surface area contributed by atoms with Gasteiger partial charge in [-0.15, -0.1) is 0 Å². The van der Waals surface area contributed by atoms with Crippen LogP contribution in [0.25, 0.3) is 10.9 Å². The standard InChI is InChI=1S/C21H24N2/c1-15-3-6-17(7-4-15)10-12-23-20-8-5-16(2)13-18(20)19-14-22-11-9-21(19)23/h3-8,13,22H,9-12,14H2,1-2H3. The first-order chi connectivity index (χ1) is 11.2. The van der Waals surface area contributed by atoms with E-state index in [4.69, 9.17) is 0 Å². The molecule has 1 aliphatic heterocycles. The fourth-order valence-electron chi connectivity index (χ4n) is 3.75. The van der Waals surface area contributed by atoms with Crippen molar-refractivity contribution in [2.24, 2.45) is 0 Å². The van der Waals surface area contributed by atoms with E-state index >= 15 is 0 Å². The Bertz CT molecular complexity index is 840. The fourth-order valence-corrected chi connectivity index (χ4v) is 3.75. The maximum absolute atomic E-state index is 3.53. The zero-order valence-electron chi connectivity index (χ0n) is 14.0. The van der Waals surface area contributed by atoms with E-state index in [0.717, 1.165) is 32.5 Å². The maximum Gasteiger partial charge on any atom is 0.0486 e. The third-order valence-corrected chi connectivity index (χ3v) is 5.03. The minimum absolute atomic E-state index is 1.01. The SMILES string of the molecule is Cc1ccc(CCn2c3c(c4cc(C)ccc42)CNCC3)cc1. The molecule has 0 radical (unpaired) electrons. The van der Waals surface area contributed by atoms with Crippen LogP contribution >= 0.6 is 0 Å². The van der Waals surface area contributed by atoms with Crippen molar-refractivity contribution < 1.29 is 0 Å². The summed E-state index contributed by atoms with van der Waals surface area (Å²) in [5.41, 5.74) is 8.56. The lowest BCUT2D eigenvalue weighted by atomic mass is 10.0. The molecule has 1 N–H and O–H groups in total. The van der Waals surface area contributed by atoms with E-state index in [-0.39, 0.29) is 0 Å². The summed E-state index contributed by atoms with van der Waals surface area (Å²) in [7, 11) is 0. The van der Waals surface area contributed by atoms with Crippen LogP contribution in [0, 0.1) is 13.8 Å². The molecule has 0 bridgehead atoms. The molecule has 1 aliphatic rings. The molecule has 0 amide bonds. The Morgan fingerprint density at radius 3 is 2.61 bits per heavy atom. The van der Waals surface area contributed by atoms with E-state index in [1.54, 1.807) is 0 Å². The normalized spacial score (nSPS) is 14.2. The Balaban J connectivity index is 1.72. The van der Waals surface area contributed by atoms with Gasteiger partial charge in [0.15, 0.2) is 0 Å². The number of rotatable bonds is 3. The summed E-state index contributed by atoms with van der Waals surface area (Å²) in [6, 6.07) is 15.8. The lowest BCUT2D eigenvalue weighted by molar-refractivity contribution is 0.594. The van der Waals surface area contributed by atoms with Gasteiger partial charge < -0.3 is 9.88 Å². The average Bonchev–Trinajstić information content (AvgIpc) is 2.88. The van der Waals surface area contributed by atoms with Gasteiger partial charge >= 0.3 is 0 Å². The minimum Gasteiger partial charge on any atom is -0.344 e. The summed E-state index contributed by atoms with van der Waals surface area (Å²) < 4.78 is 2.56. The Morgan fingerprint density at radius 1 is 1.00 bits per heavy atom. The zero-order chi connectivity index (χ0) is 15.8. The van der Waals surface area contributed by atoms with Crippen LogP contribution in [0.15, 0.2) is 42.5 Å². The summed E-state index contributed by atoms with van der Waals surface area (Å²) in [6.45, 7) is 7.50. The minimum atomic E-state index is 1.01. The number of nitrogens with one attached hydrogen (secondary N) is 1. The molecule has 0 saturated heterocycles. The highest BCUT2D eigenvalue weighted by molar-refractivity contribution is 5.86. The highest BCUT2D eigenvalue weighted by atomic mass is 15.0. The quantitative estimate of drug-likeness (QED) is 0.769.